The van der Waals surface area contributed by atoms with Crippen molar-refractivity contribution in [2.75, 3.05) is 0 Å². The highest BCUT2D eigenvalue weighted by atomic mass is 35.5. The van der Waals surface area contributed by atoms with E-state index in [1.54, 1.807) is 0 Å². The lowest BCUT2D eigenvalue weighted by molar-refractivity contribution is 0.543. The lowest BCUT2D eigenvalue weighted by atomic mass is 10.0. The zero-order valence-corrected chi connectivity index (χ0v) is 19.3. The molecule has 0 atom stereocenters. The van der Waals surface area contributed by atoms with Crippen molar-refractivity contribution < 1.29 is 8.85 Å². The molecule has 0 heterocycles. The maximum atomic E-state index is 6.25. The van der Waals surface area contributed by atoms with Gasteiger partial charge in [-0.3, -0.25) is 0 Å². The van der Waals surface area contributed by atoms with Crippen LogP contribution in [0.3, 0.4) is 0 Å². The summed E-state index contributed by atoms with van der Waals surface area (Å²) in [6, 6.07) is 11.6. The molecule has 0 amide bonds. The van der Waals surface area contributed by atoms with Gasteiger partial charge in [0.15, 0.2) is 0 Å². The van der Waals surface area contributed by atoms with Crippen LogP contribution in [0.1, 0.15) is 11.1 Å². The molecule has 2 nitrogen and oxygen atoms in total. The van der Waals surface area contributed by atoms with Gasteiger partial charge < -0.3 is 8.85 Å². The molecular formula is C19H26Cl2O2Si2. The number of rotatable bonds is 6. The molecule has 2 aromatic rings. The predicted octanol–water partition coefficient (Wildman–Crippen LogP) is 7.01. The minimum absolute atomic E-state index is 0.667. The molecule has 0 unspecified atom stereocenters. The van der Waals surface area contributed by atoms with Crippen molar-refractivity contribution in [3.8, 4) is 11.5 Å². The molecule has 0 N–H and O–H groups in total. The summed E-state index contributed by atoms with van der Waals surface area (Å²) in [7, 11) is -3.44. The van der Waals surface area contributed by atoms with E-state index in [-0.39, 0.29) is 0 Å². The Morgan fingerprint density at radius 3 is 1.36 bits per heavy atom. The van der Waals surface area contributed by atoms with Crippen LogP contribution in [-0.4, -0.2) is 16.6 Å². The van der Waals surface area contributed by atoms with Crippen LogP contribution in [0.25, 0.3) is 0 Å². The Bertz CT molecular complexity index is 687. The van der Waals surface area contributed by atoms with Crippen molar-refractivity contribution in [3.05, 3.63) is 57.6 Å². The second kappa shape index (κ2) is 7.74. The molecule has 25 heavy (non-hydrogen) atoms. The summed E-state index contributed by atoms with van der Waals surface area (Å²) < 4.78 is 12.5. The van der Waals surface area contributed by atoms with Gasteiger partial charge in [0, 0.05) is 16.5 Å². The number of hydrogen-bond acceptors (Lipinski definition) is 2. The van der Waals surface area contributed by atoms with Crippen molar-refractivity contribution in [1.29, 1.82) is 0 Å². The van der Waals surface area contributed by atoms with E-state index in [1.165, 1.54) is 0 Å². The monoisotopic (exact) mass is 412 g/mol. The van der Waals surface area contributed by atoms with Gasteiger partial charge in [0.25, 0.3) is 0 Å². The molecule has 0 spiro atoms. The first kappa shape index (κ1) is 20.4. The first-order valence-corrected chi connectivity index (χ1v) is 16.0. The maximum absolute atomic E-state index is 6.25. The van der Waals surface area contributed by atoms with Gasteiger partial charge >= 0.3 is 0 Å². The Morgan fingerprint density at radius 2 is 1.04 bits per heavy atom. The predicted molar refractivity (Wildman–Crippen MR) is 114 cm³/mol. The van der Waals surface area contributed by atoms with E-state index in [9.17, 15) is 0 Å². The molecule has 0 aliphatic heterocycles. The second-order valence-electron chi connectivity index (χ2n) is 8.11. The molecule has 0 saturated heterocycles. The van der Waals surface area contributed by atoms with Crippen molar-refractivity contribution in [2.24, 2.45) is 0 Å². The van der Waals surface area contributed by atoms with Gasteiger partial charge in [-0.2, -0.15) is 0 Å². The van der Waals surface area contributed by atoms with Crippen LogP contribution < -0.4 is 8.85 Å². The van der Waals surface area contributed by atoms with E-state index < -0.39 is 16.6 Å². The van der Waals surface area contributed by atoms with Crippen LogP contribution >= 0.6 is 23.2 Å². The molecule has 0 aromatic heterocycles. The highest BCUT2D eigenvalue weighted by Crippen LogP contribution is 2.32. The van der Waals surface area contributed by atoms with Crippen molar-refractivity contribution in [2.45, 2.75) is 45.7 Å². The Morgan fingerprint density at radius 1 is 0.680 bits per heavy atom. The molecule has 2 rings (SSSR count). The molecule has 0 radical (unpaired) electrons. The molecule has 136 valence electrons. The first-order chi connectivity index (χ1) is 11.4. The van der Waals surface area contributed by atoms with Crippen LogP contribution in [-0.2, 0) is 6.42 Å². The van der Waals surface area contributed by atoms with Gasteiger partial charge in [-0.05, 0) is 86.8 Å². The molecule has 2 aromatic carbocycles. The maximum Gasteiger partial charge on any atom is 0.242 e. The fraction of sp³-hybridized carbons (Fsp3) is 0.368. The van der Waals surface area contributed by atoms with Gasteiger partial charge in [-0.1, -0.05) is 23.2 Å². The standard InChI is InChI=1S/C19H26Cl2O2Si2/c1-24(2,3)22-18-9-7-16(20)12-14(18)11-15-13-17(21)8-10-19(15)23-25(4,5)6/h7-10,12-13H,11H2,1-6H3. The lowest BCUT2D eigenvalue weighted by Gasteiger charge is -2.24. The van der Waals surface area contributed by atoms with Crippen molar-refractivity contribution in [3.63, 3.8) is 0 Å². The summed E-state index contributed by atoms with van der Waals surface area (Å²) in [6.07, 6.45) is 0.667. The fourth-order valence-corrected chi connectivity index (χ4v) is 4.54. The lowest BCUT2D eigenvalue weighted by Crippen LogP contribution is -2.30. The smallest absolute Gasteiger partial charge is 0.242 e. The average Bonchev–Trinajstić information content (AvgIpc) is 2.42. The summed E-state index contributed by atoms with van der Waals surface area (Å²) in [6.45, 7) is 13.0. The third-order valence-corrected chi connectivity index (χ3v) is 5.39. The minimum Gasteiger partial charge on any atom is -0.544 e. The van der Waals surface area contributed by atoms with E-state index >= 15 is 0 Å². The fourth-order valence-electron chi connectivity index (χ4n) is 2.44. The highest BCUT2D eigenvalue weighted by molar-refractivity contribution is 6.70. The van der Waals surface area contributed by atoms with Crippen molar-refractivity contribution in [1.82, 2.24) is 0 Å². The zero-order valence-electron chi connectivity index (χ0n) is 15.7. The third kappa shape index (κ3) is 6.70. The Balaban J connectivity index is 2.42. The van der Waals surface area contributed by atoms with Gasteiger partial charge in [0.05, 0.1) is 0 Å². The summed E-state index contributed by atoms with van der Waals surface area (Å²) in [4.78, 5) is 0. The van der Waals surface area contributed by atoms with Gasteiger partial charge in [0.2, 0.25) is 16.6 Å². The molecule has 0 aliphatic carbocycles. The molecular weight excluding hydrogens is 387 g/mol. The SMILES string of the molecule is C[Si](C)(C)Oc1ccc(Cl)cc1Cc1cc(Cl)ccc1O[Si](C)(C)C. The van der Waals surface area contributed by atoms with Crippen LogP contribution in [0, 0.1) is 0 Å². The Hall–Kier alpha value is -0.946. The van der Waals surface area contributed by atoms with E-state index in [0.717, 1.165) is 22.6 Å². The summed E-state index contributed by atoms with van der Waals surface area (Å²) >= 11 is 12.5. The first-order valence-electron chi connectivity index (χ1n) is 8.38. The van der Waals surface area contributed by atoms with E-state index in [1.807, 2.05) is 36.4 Å². The van der Waals surface area contributed by atoms with Gasteiger partial charge in [-0.15, -0.1) is 0 Å². The summed E-state index contributed by atoms with van der Waals surface area (Å²) in [5, 5.41) is 1.40. The number of benzene rings is 2. The molecule has 0 bridgehead atoms. The van der Waals surface area contributed by atoms with Crippen molar-refractivity contribution >= 4 is 39.8 Å². The minimum atomic E-state index is -1.72. The zero-order chi connectivity index (χ0) is 18.8. The van der Waals surface area contributed by atoms with Gasteiger partial charge in [0.1, 0.15) is 11.5 Å². The molecule has 0 aliphatic rings. The third-order valence-electron chi connectivity index (χ3n) is 3.26. The quantitative estimate of drug-likeness (QED) is 0.474. The molecule has 0 fully saturated rings. The second-order valence-corrected chi connectivity index (χ2v) is 17.8. The van der Waals surface area contributed by atoms with Gasteiger partial charge in [-0.25, -0.2) is 0 Å². The van der Waals surface area contributed by atoms with Crippen LogP contribution in [0.5, 0.6) is 11.5 Å². The Labute approximate surface area is 163 Å². The summed E-state index contributed by atoms with van der Waals surface area (Å²) in [5.74, 6) is 1.78. The van der Waals surface area contributed by atoms with Crippen LogP contribution in [0.2, 0.25) is 49.3 Å². The molecule has 0 saturated carbocycles. The van der Waals surface area contributed by atoms with E-state index in [0.29, 0.717) is 16.5 Å². The number of halogens is 2. The van der Waals surface area contributed by atoms with E-state index in [4.69, 9.17) is 32.1 Å². The normalized spacial score (nSPS) is 12.2. The summed E-state index contributed by atoms with van der Waals surface area (Å²) in [5.41, 5.74) is 2.11. The number of hydrogen-bond donors (Lipinski definition) is 0. The van der Waals surface area contributed by atoms with Crippen LogP contribution in [0.4, 0.5) is 0 Å². The Kier molecular flexibility index (Phi) is 6.31. The average molecular weight is 413 g/mol. The topological polar surface area (TPSA) is 18.5 Å². The largest absolute Gasteiger partial charge is 0.544 e. The van der Waals surface area contributed by atoms with Crippen LogP contribution in [0.15, 0.2) is 36.4 Å². The highest BCUT2D eigenvalue weighted by Gasteiger charge is 2.21. The molecule has 6 heteroatoms. The van der Waals surface area contributed by atoms with E-state index in [2.05, 4.69) is 39.3 Å².